The van der Waals surface area contributed by atoms with Crippen LogP contribution in [0.2, 0.25) is 0 Å². The number of carbonyl (C=O) groups excluding carboxylic acids is 1. The molecule has 1 saturated carbocycles. The lowest BCUT2D eigenvalue weighted by Crippen LogP contribution is -2.27. The molecule has 0 spiro atoms. The van der Waals surface area contributed by atoms with Gasteiger partial charge in [-0.3, -0.25) is 4.79 Å². The molecule has 0 aromatic rings. The average Bonchev–Trinajstić information content (AvgIpc) is 2.64. The molecule has 0 N–H and O–H groups in total. The van der Waals surface area contributed by atoms with Gasteiger partial charge in [0.1, 0.15) is 0 Å². The third-order valence-electron chi connectivity index (χ3n) is 3.30. The largest absolute Gasteiger partial charge is 0.272 e. The minimum atomic E-state index is 0.0163. The lowest BCUT2D eigenvalue weighted by atomic mass is 9.93. The fourth-order valence-corrected chi connectivity index (χ4v) is 4.81. The molecule has 1 aliphatic heterocycles. The smallest absolute Gasteiger partial charge is 0.256 e. The third kappa shape index (κ3) is 0.661. The van der Waals surface area contributed by atoms with Crippen molar-refractivity contribution in [1.29, 1.82) is 0 Å². The molecule has 1 amide bonds. The molecule has 5 atom stereocenters. The van der Waals surface area contributed by atoms with Crippen LogP contribution >= 0.6 is 0 Å². The Morgan fingerprint density at radius 2 is 2.25 bits per heavy atom. The molecule has 1 fully saturated rings. The van der Waals surface area contributed by atoms with Gasteiger partial charge < -0.3 is 0 Å². The van der Waals surface area contributed by atoms with Crippen molar-refractivity contribution >= 4 is 16.6 Å². The molecule has 2 nitrogen and oxygen atoms in total. The Balaban J connectivity index is 2.09. The molecule has 0 saturated heterocycles. The molecular formula is C9H11NOS. The summed E-state index contributed by atoms with van der Waals surface area (Å²) in [5.41, 5.74) is 0. The van der Waals surface area contributed by atoms with Crippen molar-refractivity contribution in [3.63, 3.8) is 0 Å². The van der Waals surface area contributed by atoms with Gasteiger partial charge in [-0.1, -0.05) is 22.8 Å². The van der Waals surface area contributed by atoms with Gasteiger partial charge in [0, 0.05) is 5.25 Å². The maximum Gasteiger partial charge on any atom is 0.256 e. The number of fused-ring (bicyclic) bond motifs is 5. The highest BCUT2D eigenvalue weighted by Crippen LogP contribution is 2.49. The number of rotatable bonds is 0. The summed E-state index contributed by atoms with van der Waals surface area (Å²) < 4.78 is 4.16. The highest BCUT2D eigenvalue weighted by atomic mass is 32.2. The normalized spacial score (nSPS) is 54.4. The molecular weight excluding hydrogens is 170 g/mol. The Bertz CT molecular complexity index is 320. The van der Waals surface area contributed by atoms with E-state index in [-0.39, 0.29) is 22.5 Å². The number of hydrogen-bond acceptors (Lipinski definition) is 1. The zero-order chi connectivity index (χ0) is 8.29. The summed E-state index contributed by atoms with van der Waals surface area (Å²) in [6, 6.07) is 0. The van der Waals surface area contributed by atoms with E-state index in [2.05, 4.69) is 22.8 Å². The summed E-state index contributed by atoms with van der Waals surface area (Å²) in [7, 11) is 0.0163. The van der Waals surface area contributed by atoms with E-state index in [0.29, 0.717) is 17.1 Å². The highest BCUT2D eigenvalue weighted by molar-refractivity contribution is 7.88. The van der Waals surface area contributed by atoms with Gasteiger partial charge in [0.15, 0.2) is 0 Å². The van der Waals surface area contributed by atoms with Gasteiger partial charge in [-0.05, 0) is 24.5 Å². The van der Waals surface area contributed by atoms with Gasteiger partial charge in [-0.2, -0.15) is 4.36 Å². The van der Waals surface area contributed by atoms with Crippen LogP contribution in [0.15, 0.2) is 16.5 Å². The van der Waals surface area contributed by atoms with Gasteiger partial charge in [-0.25, -0.2) is 0 Å². The quantitative estimate of drug-likeness (QED) is 0.515. The SMILES string of the molecule is CS1=NC(=O)[C@@H]2[C@H]1[C@H]1C=C[C@@H]2C1. The van der Waals surface area contributed by atoms with E-state index >= 15 is 0 Å². The first-order valence-electron chi connectivity index (χ1n) is 4.36. The van der Waals surface area contributed by atoms with E-state index in [1.165, 1.54) is 6.42 Å². The number of carbonyl (C=O) groups is 1. The maximum absolute atomic E-state index is 11.5. The standard InChI is InChI=1S/C9H11NOS/c1-12-8-6-3-2-5(4-6)7(8)9(11)10-12/h2-3,5-8H,4H2,1H3/t5-,6+,7+,8-,12?/m1/s1. The van der Waals surface area contributed by atoms with E-state index in [9.17, 15) is 4.79 Å². The molecule has 1 heterocycles. The van der Waals surface area contributed by atoms with E-state index in [1.54, 1.807) is 0 Å². The van der Waals surface area contributed by atoms with Crippen LogP contribution in [0, 0.1) is 17.8 Å². The lowest BCUT2D eigenvalue weighted by molar-refractivity contribution is -0.121. The molecule has 3 heteroatoms. The Morgan fingerprint density at radius 3 is 3.00 bits per heavy atom. The number of hydrogen-bond donors (Lipinski definition) is 0. The van der Waals surface area contributed by atoms with Crippen LogP contribution in [0.4, 0.5) is 0 Å². The molecule has 3 aliphatic rings. The fourth-order valence-electron chi connectivity index (χ4n) is 2.83. The van der Waals surface area contributed by atoms with E-state index in [1.807, 2.05) is 0 Å². The molecule has 3 rings (SSSR count). The van der Waals surface area contributed by atoms with Crippen molar-refractivity contribution in [3.8, 4) is 0 Å². The summed E-state index contributed by atoms with van der Waals surface area (Å²) in [5, 5.41) is 0.576. The molecule has 2 aliphatic carbocycles. The molecule has 12 heavy (non-hydrogen) atoms. The number of nitrogens with zero attached hydrogens (tertiary/aromatic N) is 1. The Labute approximate surface area is 74.1 Å². The van der Waals surface area contributed by atoms with Crippen molar-refractivity contribution in [1.82, 2.24) is 0 Å². The fraction of sp³-hybridized carbons (Fsp3) is 0.667. The predicted molar refractivity (Wildman–Crippen MR) is 48.7 cm³/mol. The van der Waals surface area contributed by atoms with Crippen molar-refractivity contribution < 1.29 is 4.79 Å². The van der Waals surface area contributed by atoms with Gasteiger partial charge in [-0.15, -0.1) is 0 Å². The number of allylic oxidation sites excluding steroid dienone is 2. The summed E-state index contributed by atoms with van der Waals surface area (Å²) in [6.07, 6.45) is 7.84. The second-order valence-corrected chi connectivity index (χ2v) is 5.67. The second kappa shape index (κ2) is 2.08. The van der Waals surface area contributed by atoms with Crippen molar-refractivity contribution in [2.45, 2.75) is 11.7 Å². The molecule has 1 unspecified atom stereocenters. The molecule has 64 valence electrons. The summed E-state index contributed by atoms with van der Waals surface area (Å²) >= 11 is 0. The van der Waals surface area contributed by atoms with Gasteiger partial charge in [0.25, 0.3) is 5.91 Å². The molecule has 2 bridgehead atoms. The van der Waals surface area contributed by atoms with Gasteiger partial charge in [0.2, 0.25) is 0 Å². The molecule has 0 aromatic carbocycles. The number of amides is 1. The average molecular weight is 181 g/mol. The van der Waals surface area contributed by atoms with E-state index in [4.69, 9.17) is 0 Å². The highest BCUT2D eigenvalue weighted by Gasteiger charge is 2.52. The Kier molecular flexibility index (Phi) is 1.21. The van der Waals surface area contributed by atoms with Gasteiger partial charge in [0.05, 0.1) is 5.92 Å². The Morgan fingerprint density at radius 1 is 1.50 bits per heavy atom. The summed E-state index contributed by atoms with van der Waals surface area (Å²) in [5.74, 6) is 1.66. The van der Waals surface area contributed by atoms with Crippen LogP contribution < -0.4 is 0 Å². The lowest BCUT2D eigenvalue weighted by Gasteiger charge is -2.18. The third-order valence-corrected chi connectivity index (χ3v) is 5.20. The van der Waals surface area contributed by atoms with Crippen molar-refractivity contribution in [3.05, 3.63) is 12.2 Å². The first kappa shape index (κ1) is 7.01. The van der Waals surface area contributed by atoms with Crippen LogP contribution in [0.5, 0.6) is 0 Å². The second-order valence-electron chi connectivity index (χ2n) is 3.89. The predicted octanol–water partition coefficient (Wildman–Crippen LogP) is 1.15. The van der Waals surface area contributed by atoms with Crippen LogP contribution in [0.3, 0.4) is 0 Å². The van der Waals surface area contributed by atoms with E-state index < -0.39 is 0 Å². The summed E-state index contributed by atoms with van der Waals surface area (Å²) in [4.78, 5) is 11.5. The Hall–Kier alpha value is -0.440. The van der Waals surface area contributed by atoms with Crippen molar-refractivity contribution in [2.24, 2.45) is 22.1 Å². The van der Waals surface area contributed by atoms with E-state index in [0.717, 1.165) is 0 Å². The molecule has 0 aromatic heterocycles. The monoisotopic (exact) mass is 181 g/mol. The minimum Gasteiger partial charge on any atom is -0.272 e. The van der Waals surface area contributed by atoms with Crippen LogP contribution in [-0.2, 0) is 15.5 Å². The molecule has 0 radical (unpaired) electrons. The topological polar surface area (TPSA) is 29.4 Å². The van der Waals surface area contributed by atoms with Gasteiger partial charge >= 0.3 is 0 Å². The summed E-state index contributed by atoms with van der Waals surface area (Å²) in [6.45, 7) is 0. The minimum absolute atomic E-state index is 0.0163. The zero-order valence-electron chi connectivity index (χ0n) is 6.93. The van der Waals surface area contributed by atoms with Crippen LogP contribution in [-0.4, -0.2) is 17.4 Å². The van der Waals surface area contributed by atoms with Crippen molar-refractivity contribution in [2.75, 3.05) is 6.26 Å². The van der Waals surface area contributed by atoms with Crippen LogP contribution in [0.1, 0.15) is 6.42 Å². The zero-order valence-corrected chi connectivity index (χ0v) is 7.75. The first-order chi connectivity index (χ1) is 5.77. The first-order valence-corrected chi connectivity index (χ1v) is 6.01. The maximum atomic E-state index is 11.5. The van der Waals surface area contributed by atoms with Crippen LogP contribution in [0.25, 0.3) is 0 Å².